The van der Waals surface area contributed by atoms with Gasteiger partial charge in [-0.2, -0.15) is 13.2 Å². The van der Waals surface area contributed by atoms with Gasteiger partial charge in [-0.25, -0.2) is 4.39 Å². The van der Waals surface area contributed by atoms with E-state index in [1.165, 1.54) is 5.32 Å². The lowest BCUT2D eigenvalue weighted by Gasteiger charge is -2.10. The van der Waals surface area contributed by atoms with Gasteiger partial charge in [-0.3, -0.25) is 14.9 Å². The first kappa shape index (κ1) is 14.7. The van der Waals surface area contributed by atoms with Crippen LogP contribution in [0, 0.1) is 15.9 Å². The van der Waals surface area contributed by atoms with Crippen molar-refractivity contribution in [1.82, 2.24) is 5.32 Å². The average Bonchev–Trinajstić information content (AvgIpc) is 2.24. The normalized spacial score (nSPS) is 11.2. The summed E-state index contributed by atoms with van der Waals surface area (Å²) in [6, 6.07) is 1.29. The van der Waals surface area contributed by atoms with Crippen molar-refractivity contribution in [2.75, 3.05) is 12.3 Å². The fourth-order valence-corrected chi connectivity index (χ4v) is 1.24. The smallest absolute Gasteiger partial charge is 0.392 e. The van der Waals surface area contributed by atoms with Crippen LogP contribution < -0.4 is 11.1 Å². The fourth-order valence-electron chi connectivity index (χ4n) is 1.24. The molecule has 1 amide bonds. The van der Waals surface area contributed by atoms with Crippen LogP contribution in [0.15, 0.2) is 12.1 Å². The second-order valence-corrected chi connectivity index (χ2v) is 3.41. The van der Waals surface area contributed by atoms with E-state index in [4.69, 9.17) is 5.73 Å². The molecular weight excluding hydrogens is 274 g/mol. The van der Waals surface area contributed by atoms with Crippen molar-refractivity contribution >= 4 is 17.3 Å². The standard InChI is InChI=1S/C9H7F4N3O3/c10-4-1-2-5(16(18)19)7(14)6(4)8(17)15-3-9(11,12)13/h1-2H,3,14H2,(H,15,17). The number of halogens is 4. The Morgan fingerprint density at radius 1 is 1.42 bits per heavy atom. The van der Waals surface area contributed by atoms with Crippen molar-refractivity contribution in [3.63, 3.8) is 0 Å². The summed E-state index contributed by atoms with van der Waals surface area (Å²) in [5.74, 6) is -2.72. The van der Waals surface area contributed by atoms with Gasteiger partial charge in [-0.05, 0) is 6.07 Å². The van der Waals surface area contributed by atoms with Crippen LogP contribution in [-0.4, -0.2) is 23.6 Å². The van der Waals surface area contributed by atoms with Crippen molar-refractivity contribution in [2.45, 2.75) is 6.18 Å². The molecular formula is C9H7F4N3O3. The number of anilines is 1. The zero-order valence-electron chi connectivity index (χ0n) is 9.12. The number of amides is 1. The monoisotopic (exact) mass is 281 g/mol. The van der Waals surface area contributed by atoms with Crippen molar-refractivity contribution in [3.8, 4) is 0 Å². The van der Waals surface area contributed by atoms with Gasteiger partial charge in [0.1, 0.15) is 23.6 Å². The van der Waals surface area contributed by atoms with Gasteiger partial charge in [0.15, 0.2) is 0 Å². The van der Waals surface area contributed by atoms with Crippen molar-refractivity contribution < 1.29 is 27.3 Å². The van der Waals surface area contributed by atoms with Crippen LogP contribution in [-0.2, 0) is 0 Å². The number of nitrogens with one attached hydrogen (secondary N) is 1. The maximum absolute atomic E-state index is 13.3. The molecule has 10 heteroatoms. The van der Waals surface area contributed by atoms with E-state index >= 15 is 0 Å². The maximum atomic E-state index is 13.3. The number of nitrogens with two attached hydrogens (primary N) is 1. The Morgan fingerprint density at radius 2 is 2.00 bits per heavy atom. The fraction of sp³-hybridized carbons (Fsp3) is 0.222. The van der Waals surface area contributed by atoms with E-state index in [2.05, 4.69) is 0 Å². The summed E-state index contributed by atoms with van der Waals surface area (Å²) in [7, 11) is 0. The number of nitrogens with zero attached hydrogens (tertiary/aromatic N) is 1. The van der Waals surface area contributed by atoms with Crippen molar-refractivity contribution in [3.05, 3.63) is 33.6 Å². The predicted molar refractivity (Wildman–Crippen MR) is 55.9 cm³/mol. The van der Waals surface area contributed by atoms with Gasteiger partial charge in [0.2, 0.25) is 0 Å². The van der Waals surface area contributed by atoms with E-state index in [1.54, 1.807) is 0 Å². The predicted octanol–water partition coefficient (Wildman–Crippen LogP) is 1.61. The highest BCUT2D eigenvalue weighted by Gasteiger charge is 2.30. The van der Waals surface area contributed by atoms with Crippen LogP contribution in [0.3, 0.4) is 0 Å². The number of rotatable bonds is 3. The Morgan fingerprint density at radius 3 is 2.47 bits per heavy atom. The number of nitro benzene ring substituents is 1. The first-order valence-corrected chi connectivity index (χ1v) is 4.71. The Labute approximate surface area is 103 Å². The molecule has 0 atom stereocenters. The van der Waals surface area contributed by atoms with Gasteiger partial charge in [-0.15, -0.1) is 0 Å². The van der Waals surface area contributed by atoms with Crippen molar-refractivity contribution in [1.29, 1.82) is 0 Å². The van der Waals surface area contributed by atoms with E-state index in [1.807, 2.05) is 0 Å². The number of benzene rings is 1. The van der Waals surface area contributed by atoms with Gasteiger partial charge in [0.05, 0.1) is 4.92 Å². The second kappa shape index (κ2) is 5.08. The Hall–Kier alpha value is -2.39. The highest BCUT2D eigenvalue weighted by atomic mass is 19.4. The molecule has 104 valence electrons. The number of nitro groups is 1. The summed E-state index contributed by atoms with van der Waals surface area (Å²) in [6.07, 6.45) is -4.69. The summed E-state index contributed by atoms with van der Waals surface area (Å²) in [4.78, 5) is 20.9. The van der Waals surface area contributed by atoms with Crippen LogP contribution in [0.25, 0.3) is 0 Å². The zero-order chi connectivity index (χ0) is 14.8. The van der Waals surface area contributed by atoms with E-state index in [-0.39, 0.29) is 0 Å². The highest BCUT2D eigenvalue weighted by molar-refractivity contribution is 6.01. The quantitative estimate of drug-likeness (QED) is 0.380. The first-order valence-electron chi connectivity index (χ1n) is 4.71. The van der Waals surface area contributed by atoms with E-state index in [0.717, 1.165) is 0 Å². The largest absolute Gasteiger partial charge is 0.405 e. The minimum absolute atomic E-state index is 0.580. The van der Waals surface area contributed by atoms with Crippen molar-refractivity contribution in [2.24, 2.45) is 0 Å². The molecule has 19 heavy (non-hydrogen) atoms. The maximum Gasteiger partial charge on any atom is 0.405 e. The van der Waals surface area contributed by atoms with Crippen LogP contribution in [0.2, 0.25) is 0 Å². The van der Waals surface area contributed by atoms with Gasteiger partial charge < -0.3 is 11.1 Å². The summed E-state index contributed by atoms with van der Waals surface area (Å²) >= 11 is 0. The molecule has 0 heterocycles. The molecule has 0 aliphatic rings. The first-order chi connectivity index (χ1) is 8.63. The van der Waals surface area contributed by atoms with E-state index < -0.39 is 46.3 Å². The summed E-state index contributed by atoms with van der Waals surface area (Å²) < 4.78 is 49.0. The Bertz CT molecular complexity index is 530. The number of nitrogen functional groups attached to an aromatic ring is 1. The van der Waals surface area contributed by atoms with Crippen LogP contribution in [0.5, 0.6) is 0 Å². The lowest BCUT2D eigenvalue weighted by atomic mass is 10.1. The molecule has 0 bridgehead atoms. The SMILES string of the molecule is Nc1c([N+](=O)[O-])ccc(F)c1C(=O)NCC(F)(F)F. The Kier molecular flexibility index (Phi) is 3.92. The molecule has 0 aliphatic heterocycles. The van der Waals surface area contributed by atoms with Gasteiger partial charge in [-0.1, -0.05) is 0 Å². The topological polar surface area (TPSA) is 98.3 Å². The molecule has 0 fully saturated rings. The third-order valence-electron chi connectivity index (χ3n) is 2.04. The number of carbonyl (C=O) groups excluding carboxylic acids is 1. The molecule has 1 aromatic rings. The molecule has 1 aromatic carbocycles. The third-order valence-corrected chi connectivity index (χ3v) is 2.04. The molecule has 0 aliphatic carbocycles. The second-order valence-electron chi connectivity index (χ2n) is 3.41. The molecule has 6 nitrogen and oxygen atoms in total. The number of hydrogen-bond donors (Lipinski definition) is 2. The van der Waals surface area contributed by atoms with E-state index in [9.17, 15) is 32.5 Å². The minimum Gasteiger partial charge on any atom is -0.392 e. The molecule has 0 saturated heterocycles. The van der Waals surface area contributed by atoms with Gasteiger partial charge in [0, 0.05) is 6.07 Å². The molecule has 0 spiro atoms. The van der Waals surface area contributed by atoms with E-state index in [0.29, 0.717) is 12.1 Å². The number of hydrogen-bond acceptors (Lipinski definition) is 4. The molecule has 0 unspecified atom stereocenters. The molecule has 1 rings (SSSR count). The zero-order valence-corrected chi connectivity index (χ0v) is 9.12. The van der Waals surface area contributed by atoms with Gasteiger partial charge in [0.25, 0.3) is 11.6 Å². The average molecular weight is 281 g/mol. The van der Waals surface area contributed by atoms with Crippen LogP contribution in [0.1, 0.15) is 10.4 Å². The molecule has 0 saturated carbocycles. The summed E-state index contributed by atoms with van der Waals surface area (Å²) in [5.41, 5.74) is 2.62. The highest BCUT2D eigenvalue weighted by Crippen LogP contribution is 2.27. The van der Waals surface area contributed by atoms with Crippen LogP contribution >= 0.6 is 0 Å². The van der Waals surface area contributed by atoms with Crippen LogP contribution in [0.4, 0.5) is 28.9 Å². The lowest BCUT2D eigenvalue weighted by Crippen LogP contribution is -2.34. The number of alkyl halides is 3. The summed E-state index contributed by atoms with van der Waals surface area (Å²) in [5, 5.41) is 11.9. The Balaban J connectivity index is 3.09. The molecule has 0 aromatic heterocycles. The summed E-state index contributed by atoms with van der Waals surface area (Å²) in [6.45, 7) is -1.70. The third kappa shape index (κ3) is 3.53. The molecule has 0 radical (unpaired) electrons. The van der Waals surface area contributed by atoms with Gasteiger partial charge >= 0.3 is 6.18 Å². The minimum atomic E-state index is -4.69. The number of carbonyl (C=O) groups is 1. The molecule has 3 N–H and O–H groups in total. The lowest BCUT2D eigenvalue weighted by molar-refractivity contribution is -0.384.